The van der Waals surface area contributed by atoms with Crippen LogP contribution in [0.5, 0.6) is 5.75 Å². The van der Waals surface area contributed by atoms with Gasteiger partial charge in [0.25, 0.3) is 5.91 Å². The molecule has 7 heteroatoms. The van der Waals surface area contributed by atoms with E-state index < -0.39 is 5.97 Å². The molecule has 0 unspecified atom stereocenters. The number of carbonyl (C=O) groups is 2. The highest BCUT2D eigenvalue weighted by atomic mass is 32.2. The third-order valence-corrected chi connectivity index (χ3v) is 5.13. The van der Waals surface area contributed by atoms with Crippen LogP contribution in [0, 0.1) is 6.92 Å². The van der Waals surface area contributed by atoms with Crippen molar-refractivity contribution in [3.8, 4) is 5.75 Å². The highest BCUT2D eigenvalue weighted by Crippen LogP contribution is 2.34. The Morgan fingerprint density at radius 2 is 2.04 bits per heavy atom. The molecule has 6 nitrogen and oxygen atoms in total. The first-order valence-corrected chi connectivity index (χ1v) is 8.93. The summed E-state index contributed by atoms with van der Waals surface area (Å²) in [4.78, 5) is 29.9. The van der Waals surface area contributed by atoms with Crippen LogP contribution in [-0.2, 0) is 4.79 Å². The molecule has 1 aliphatic heterocycles. The van der Waals surface area contributed by atoms with Gasteiger partial charge >= 0.3 is 0 Å². The molecule has 0 aromatic heterocycles. The fraction of sp³-hybridized carbons (Fsp3) is 0.150. The Morgan fingerprint density at radius 1 is 1.26 bits per heavy atom. The molecule has 0 aliphatic carbocycles. The maximum Gasteiger partial charge on any atom is 0.266 e. The molecule has 1 amide bonds. The molecule has 27 heavy (non-hydrogen) atoms. The molecule has 1 fully saturated rings. The standard InChI is InChI=1S/C20H18N2O4S/c1-12-9-16(26-3)8-7-13(12)11-17-18(23)22(2)20(27-17)21-15-6-4-5-14(10-15)19(24)25/h4-11H,1-3H3,(H,24,25)/p-1/b17-11+,21-20?. The van der Waals surface area contributed by atoms with Crippen LogP contribution in [0.3, 0.4) is 0 Å². The average Bonchev–Trinajstić information content (AvgIpc) is 2.91. The van der Waals surface area contributed by atoms with E-state index >= 15 is 0 Å². The minimum absolute atomic E-state index is 0.0402. The Hall–Kier alpha value is -3.06. The minimum Gasteiger partial charge on any atom is -0.545 e. The summed E-state index contributed by atoms with van der Waals surface area (Å²) in [6.45, 7) is 1.95. The number of aryl methyl sites for hydroxylation is 1. The summed E-state index contributed by atoms with van der Waals surface area (Å²) in [5.74, 6) is -0.673. The molecular weight excluding hydrogens is 364 g/mol. The lowest BCUT2D eigenvalue weighted by Crippen LogP contribution is -2.23. The van der Waals surface area contributed by atoms with Crippen molar-refractivity contribution in [3.63, 3.8) is 0 Å². The van der Waals surface area contributed by atoms with Crippen molar-refractivity contribution in [1.82, 2.24) is 4.90 Å². The molecule has 0 bridgehead atoms. The van der Waals surface area contributed by atoms with Gasteiger partial charge in [-0.1, -0.05) is 18.2 Å². The zero-order valence-electron chi connectivity index (χ0n) is 15.1. The Morgan fingerprint density at radius 3 is 2.70 bits per heavy atom. The van der Waals surface area contributed by atoms with Crippen molar-refractivity contribution in [3.05, 3.63) is 64.1 Å². The molecule has 0 spiro atoms. The number of carboxylic acid groups (broad SMARTS) is 1. The van der Waals surface area contributed by atoms with Crippen molar-refractivity contribution < 1.29 is 19.4 Å². The number of carbonyl (C=O) groups excluding carboxylic acids is 2. The smallest absolute Gasteiger partial charge is 0.266 e. The molecule has 138 valence electrons. The van der Waals surface area contributed by atoms with Gasteiger partial charge < -0.3 is 14.6 Å². The van der Waals surface area contributed by atoms with Crippen molar-refractivity contribution >= 4 is 40.6 Å². The number of hydrogen-bond donors (Lipinski definition) is 0. The molecule has 3 rings (SSSR count). The molecule has 0 saturated carbocycles. The summed E-state index contributed by atoms with van der Waals surface area (Å²) in [7, 11) is 3.24. The van der Waals surface area contributed by atoms with Crippen molar-refractivity contribution in [2.24, 2.45) is 4.99 Å². The molecule has 2 aromatic carbocycles. The van der Waals surface area contributed by atoms with Gasteiger partial charge in [-0.05, 0) is 65.7 Å². The van der Waals surface area contributed by atoms with E-state index in [0.29, 0.717) is 15.8 Å². The number of methoxy groups -OCH3 is 1. The second-order valence-corrected chi connectivity index (χ2v) is 6.94. The van der Waals surface area contributed by atoms with Gasteiger partial charge in [0, 0.05) is 7.05 Å². The van der Waals surface area contributed by atoms with Crippen LogP contribution in [0.1, 0.15) is 21.5 Å². The zero-order valence-corrected chi connectivity index (χ0v) is 15.9. The van der Waals surface area contributed by atoms with Gasteiger partial charge in [-0.2, -0.15) is 0 Å². The number of likely N-dealkylation sites (N-methyl/N-ethyl adjacent to an activating group) is 1. The summed E-state index contributed by atoms with van der Waals surface area (Å²) in [5, 5.41) is 11.5. The van der Waals surface area contributed by atoms with Crippen LogP contribution < -0.4 is 9.84 Å². The van der Waals surface area contributed by atoms with E-state index in [1.165, 1.54) is 28.8 Å². The lowest BCUT2D eigenvalue weighted by Gasteiger charge is -2.08. The first-order valence-electron chi connectivity index (χ1n) is 8.11. The van der Waals surface area contributed by atoms with Gasteiger partial charge in [-0.15, -0.1) is 0 Å². The summed E-state index contributed by atoms with van der Waals surface area (Å²) < 4.78 is 5.20. The number of aromatic carboxylic acids is 1. The van der Waals surface area contributed by atoms with E-state index in [1.807, 2.05) is 31.2 Å². The number of ether oxygens (including phenoxy) is 1. The molecule has 0 radical (unpaired) electrons. The summed E-state index contributed by atoms with van der Waals surface area (Å²) in [5.41, 5.74) is 2.39. The predicted molar refractivity (Wildman–Crippen MR) is 104 cm³/mol. The topological polar surface area (TPSA) is 82.0 Å². The molecular formula is C20H17N2O4S-. The van der Waals surface area contributed by atoms with Gasteiger partial charge in [0.2, 0.25) is 0 Å². The van der Waals surface area contributed by atoms with Gasteiger partial charge in [-0.3, -0.25) is 9.69 Å². The zero-order chi connectivity index (χ0) is 19.6. The first kappa shape index (κ1) is 18.7. The van der Waals surface area contributed by atoms with E-state index in [0.717, 1.165) is 16.9 Å². The van der Waals surface area contributed by atoms with E-state index in [9.17, 15) is 14.7 Å². The van der Waals surface area contributed by atoms with E-state index in [2.05, 4.69) is 4.99 Å². The largest absolute Gasteiger partial charge is 0.545 e. The second-order valence-electron chi connectivity index (χ2n) is 5.93. The molecule has 1 saturated heterocycles. The fourth-order valence-corrected chi connectivity index (χ4v) is 3.52. The Balaban J connectivity index is 1.91. The van der Waals surface area contributed by atoms with Crippen molar-refractivity contribution in [2.45, 2.75) is 6.92 Å². The SMILES string of the molecule is COc1ccc(/C=C2/SC(=Nc3cccc(C(=O)[O-])c3)N(C)C2=O)c(C)c1. The van der Waals surface area contributed by atoms with Crippen LogP contribution in [0.25, 0.3) is 6.08 Å². The van der Waals surface area contributed by atoms with Crippen LogP contribution >= 0.6 is 11.8 Å². The Kier molecular flexibility index (Phi) is 5.32. The van der Waals surface area contributed by atoms with E-state index in [1.54, 1.807) is 26.3 Å². The molecule has 1 heterocycles. The maximum atomic E-state index is 12.5. The maximum absolute atomic E-state index is 12.5. The third kappa shape index (κ3) is 4.03. The Bertz CT molecular complexity index is 982. The van der Waals surface area contributed by atoms with Gasteiger partial charge in [0.05, 0.1) is 23.7 Å². The molecule has 1 aliphatic rings. The van der Waals surface area contributed by atoms with Crippen molar-refractivity contribution in [1.29, 1.82) is 0 Å². The fourth-order valence-electron chi connectivity index (χ4n) is 2.54. The van der Waals surface area contributed by atoms with Gasteiger partial charge in [-0.25, -0.2) is 4.99 Å². The van der Waals surface area contributed by atoms with Crippen LogP contribution in [0.2, 0.25) is 0 Å². The highest BCUT2D eigenvalue weighted by molar-refractivity contribution is 8.18. The molecule has 0 atom stereocenters. The second kappa shape index (κ2) is 7.67. The predicted octanol–water partition coefficient (Wildman–Crippen LogP) is 2.60. The monoisotopic (exact) mass is 381 g/mol. The minimum atomic E-state index is -1.27. The average molecular weight is 381 g/mol. The number of amides is 1. The van der Waals surface area contributed by atoms with Gasteiger partial charge in [0.1, 0.15) is 5.75 Å². The number of aliphatic imine (C=N–C) groups is 1. The number of thioether (sulfide) groups is 1. The number of benzene rings is 2. The number of rotatable bonds is 4. The Labute approximate surface area is 161 Å². The van der Waals surface area contributed by atoms with Crippen LogP contribution in [0.4, 0.5) is 5.69 Å². The van der Waals surface area contributed by atoms with E-state index in [4.69, 9.17) is 4.74 Å². The number of nitrogens with zero attached hydrogens (tertiary/aromatic N) is 2. The van der Waals surface area contributed by atoms with E-state index in [-0.39, 0.29) is 11.5 Å². The quantitative estimate of drug-likeness (QED) is 0.761. The number of hydrogen-bond acceptors (Lipinski definition) is 6. The van der Waals surface area contributed by atoms with Crippen LogP contribution in [0.15, 0.2) is 52.4 Å². The molecule has 2 aromatic rings. The van der Waals surface area contributed by atoms with Gasteiger partial charge in [0.15, 0.2) is 5.17 Å². The normalized spacial score (nSPS) is 17.0. The third-order valence-electron chi connectivity index (χ3n) is 4.07. The summed E-state index contributed by atoms with van der Waals surface area (Å²) in [6.07, 6.45) is 1.82. The summed E-state index contributed by atoms with van der Waals surface area (Å²) >= 11 is 1.24. The molecule has 0 N–H and O–H groups in total. The lowest BCUT2D eigenvalue weighted by atomic mass is 10.1. The highest BCUT2D eigenvalue weighted by Gasteiger charge is 2.30. The number of carboxylic acids is 1. The summed E-state index contributed by atoms with van der Waals surface area (Å²) in [6, 6.07) is 11.8. The first-order chi connectivity index (χ1) is 12.9. The number of amidine groups is 1. The van der Waals surface area contributed by atoms with Crippen molar-refractivity contribution in [2.75, 3.05) is 14.2 Å². The lowest BCUT2D eigenvalue weighted by molar-refractivity contribution is -0.255. The van der Waals surface area contributed by atoms with Crippen LogP contribution in [-0.4, -0.2) is 36.1 Å².